The number of urea groups is 1. The van der Waals surface area contributed by atoms with Crippen molar-refractivity contribution in [3.63, 3.8) is 0 Å². The van der Waals surface area contributed by atoms with E-state index in [2.05, 4.69) is 15.6 Å². The molecule has 0 fully saturated rings. The molecule has 0 bridgehead atoms. The Bertz CT molecular complexity index is 670. The van der Waals surface area contributed by atoms with E-state index in [0.29, 0.717) is 5.69 Å². The van der Waals surface area contributed by atoms with E-state index in [-0.39, 0.29) is 23.7 Å². The summed E-state index contributed by atoms with van der Waals surface area (Å²) in [5.41, 5.74) is 0.821. The zero-order valence-electron chi connectivity index (χ0n) is 13.4. The molecule has 2 rings (SSSR count). The molecular formula is C16H20N4O2S. The van der Waals surface area contributed by atoms with Gasteiger partial charge in [-0.3, -0.25) is 9.78 Å². The summed E-state index contributed by atoms with van der Waals surface area (Å²) < 4.78 is 0. The summed E-state index contributed by atoms with van der Waals surface area (Å²) in [5, 5.41) is 7.67. The number of thiophene rings is 1. The first-order valence-corrected chi connectivity index (χ1v) is 8.17. The fourth-order valence-electron chi connectivity index (χ4n) is 2.04. The molecule has 3 amide bonds. The van der Waals surface area contributed by atoms with Crippen molar-refractivity contribution < 1.29 is 9.59 Å². The summed E-state index contributed by atoms with van der Waals surface area (Å²) in [4.78, 5) is 30.6. The maximum atomic E-state index is 12.2. The molecule has 2 aromatic heterocycles. The molecule has 7 heteroatoms. The minimum Gasteiger partial charge on any atom is -0.343 e. The number of hydrogen-bond donors (Lipinski definition) is 2. The predicted octanol–water partition coefficient (Wildman–Crippen LogP) is 3.12. The van der Waals surface area contributed by atoms with E-state index >= 15 is 0 Å². The largest absolute Gasteiger partial charge is 0.343 e. The Morgan fingerprint density at radius 1 is 1.35 bits per heavy atom. The van der Waals surface area contributed by atoms with Crippen LogP contribution < -0.4 is 10.6 Å². The van der Waals surface area contributed by atoms with Gasteiger partial charge in [-0.05, 0) is 30.0 Å². The molecule has 2 N–H and O–H groups in total. The van der Waals surface area contributed by atoms with Crippen molar-refractivity contribution in [1.29, 1.82) is 0 Å². The van der Waals surface area contributed by atoms with Gasteiger partial charge in [0, 0.05) is 30.9 Å². The summed E-state index contributed by atoms with van der Waals surface area (Å²) in [5.74, 6) is -0.209. The Morgan fingerprint density at radius 2 is 2.13 bits per heavy atom. The van der Waals surface area contributed by atoms with Crippen LogP contribution in [0, 0.1) is 0 Å². The topological polar surface area (TPSA) is 74.3 Å². The van der Waals surface area contributed by atoms with Gasteiger partial charge in [-0.1, -0.05) is 13.0 Å². The van der Waals surface area contributed by atoms with Crippen molar-refractivity contribution in [2.75, 3.05) is 19.4 Å². The Hall–Kier alpha value is -2.41. The highest BCUT2D eigenvalue weighted by molar-refractivity contribution is 7.10. The van der Waals surface area contributed by atoms with Crippen molar-refractivity contribution in [3.05, 3.63) is 46.4 Å². The molecule has 0 radical (unpaired) electrons. The quantitative estimate of drug-likeness (QED) is 0.883. The summed E-state index contributed by atoms with van der Waals surface area (Å²) in [6, 6.07) is 6.84. The van der Waals surface area contributed by atoms with Gasteiger partial charge in [-0.25, -0.2) is 4.79 Å². The van der Waals surface area contributed by atoms with E-state index in [1.807, 2.05) is 24.4 Å². The lowest BCUT2D eigenvalue weighted by atomic mass is 10.2. The normalized spacial score (nSPS) is 11.6. The lowest BCUT2D eigenvalue weighted by Crippen LogP contribution is -2.32. The van der Waals surface area contributed by atoms with Crippen LogP contribution in [0.3, 0.4) is 0 Å². The third-order valence-electron chi connectivity index (χ3n) is 3.24. The van der Waals surface area contributed by atoms with Crippen LogP contribution in [0.4, 0.5) is 10.5 Å². The molecule has 2 aromatic rings. The molecule has 122 valence electrons. The summed E-state index contributed by atoms with van der Waals surface area (Å²) >= 11 is 1.61. The molecule has 0 spiro atoms. The van der Waals surface area contributed by atoms with Crippen molar-refractivity contribution in [1.82, 2.24) is 15.2 Å². The molecule has 1 unspecified atom stereocenters. The van der Waals surface area contributed by atoms with Gasteiger partial charge in [0.05, 0.1) is 6.04 Å². The third kappa shape index (κ3) is 4.53. The van der Waals surface area contributed by atoms with Crippen LogP contribution in [0.1, 0.15) is 34.8 Å². The molecule has 0 aromatic carbocycles. The van der Waals surface area contributed by atoms with Crippen LogP contribution in [0.25, 0.3) is 0 Å². The smallest absolute Gasteiger partial charge is 0.319 e. The highest BCUT2D eigenvalue weighted by atomic mass is 32.1. The Morgan fingerprint density at radius 3 is 2.74 bits per heavy atom. The SMILES string of the molecule is CCC(NC(=O)Nc1ccnc(C(=O)N(C)C)c1)c1cccs1. The highest BCUT2D eigenvalue weighted by Crippen LogP contribution is 2.21. The second kappa shape index (κ2) is 7.73. The van der Waals surface area contributed by atoms with E-state index in [4.69, 9.17) is 0 Å². The van der Waals surface area contributed by atoms with E-state index < -0.39 is 0 Å². The molecule has 6 nitrogen and oxygen atoms in total. The first-order chi connectivity index (χ1) is 11.0. The van der Waals surface area contributed by atoms with Crippen molar-refractivity contribution in [2.45, 2.75) is 19.4 Å². The minimum atomic E-state index is -0.306. The highest BCUT2D eigenvalue weighted by Gasteiger charge is 2.15. The summed E-state index contributed by atoms with van der Waals surface area (Å²) in [7, 11) is 3.31. The fraction of sp³-hybridized carbons (Fsp3) is 0.312. The maximum Gasteiger partial charge on any atom is 0.319 e. The Balaban J connectivity index is 2.03. The van der Waals surface area contributed by atoms with E-state index in [0.717, 1.165) is 11.3 Å². The van der Waals surface area contributed by atoms with E-state index in [1.54, 1.807) is 37.6 Å². The molecule has 1 atom stereocenters. The zero-order valence-corrected chi connectivity index (χ0v) is 14.2. The van der Waals surface area contributed by atoms with Crippen LogP contribution in [-0.4, -0.2) is 35.9 Å². The lowest BCUT2D eigenvalue weighted by molar-refractivity contribution is 0.0822. The fourth-order valence-corrected chi connectivity index (χ4v) is 2.90. The molecule has 0 aliphatic carbocycles. The van der Waals surface area contributed by atoms with Crippen LogP contribution in [0.5, 0.6) is 0 Å². The maximum absolute atomic E-state index is 12.2. The first kappa shape index (κ1) is 17.0. The third-order valence-corrected chi connectivity index (χ3v) is 4.23. The van der Waals surface area contributed by atoms with Crippen LogP contribution in [0.2, 0.25) is 0 Å². The number of rotatable bonds is 5. The number of anilines is 1. The number of hydrogen-bond acceptors (Lipinski definition) is 4. The number of pyridine rings is 1. The number of aromatic nitrogens is 1. The van der Waals surface area contributed by atoms with E-state index in [9.17, 15) is 9.59 Å². The monoisotopic (exact) mass is 332 g/mol. The average molecular weight is 332 g/mol. The summed E-state index contributed by atoms with van der Waals surface area (Å²) in [6.07, 6.45) is 2.30. The van der Waals surface area contributed by atoms with Crippen molar-refractivity contribution >= 4 is 29.0 Å². The first-order valence-electron chi connectivity index (χ1n) is 7.30. The number of carbonyl (C=O) groups is 2. The van der Waals surface area contributed by atoms with E-state index in [1.165, 1.54) is 11.1 Å². The Labute approximate surface area is 139 Å². The number of nitrogens with one attached hydrogen (secondary N) is 2. The van der Waals surface area contributed by atoms with Gasteiger partial charge in [0.25, 0.3) is 5.91 Å². The second-order valence-corrected chi connectivity index (χ2v) is 6.18. The molecule has 23 heavy (non-hydrogen) atoms. The average Bonchev–Trinajstić information content (AvgIpc) is 3.06. The van der Waals surface area contributed by atoms with Crippen LogP contribution >= 0.6 is 11.3 Å². The van der Waals surface area contributed by atoms with Gasteiger partial charge in [0.2, 0.25) is 0 Å². The van der Waals surface area contributed by atoms with Gasteiger partial charge in [-0.2, -0.15) is 0 Å². The molecule has 0 saturated heterocycles. The second-order valence-electron chi connectivity index (χ2n) is 5.20. The molecule has 2 heterocycles. The van der Waals surface area contributed by atoms with Crippen molar-refractivity contribution in [3.8, 4) is 0 Å². The minimum absolute atomic E-state index is 0.0280. The summed E-state index contributed by atoms with van der Waals surface area (Å²) in [6.45, 7) is 2.02. The van der Waals surface area contributed by atoms with Gasteiger partial charge >= 0.3 is 6.03 Å². The predicted molar refractivity (Wildman–Crippen MR) is 91.8 cm³/mol. The van der Waals surface area contributed by atoms with Gasteiger partial charge in [0.15, 0.2) is 0 Å². The van der Waals surface area contributed by atoms with Crippen LogP contribution in [-0.2, 0) is 0 Å². The number of nitrogens with zero attached hydrogens (tertiary/aromatic N) is 2. The number of carbonyl (C=O) groups excluding carboxylic acids is 2. The van der Waals surface area contributed by atoms with Gasteiger partial charge < -0.3 is 15.5 Å². The molecule has 0 saturated carbocycles. The Kier molecular flexibility index (Phi) is 5.70. The lowest BCUT2D eigenvalue weighted by Gasteiger charge is -2.16. The van der Waals surface area contributed by atoms with Crippen LogP contribution in [0.15, 0.2) is 35.8 Å². The molecule has 0 aliphatic rings. The molecule has 0 aliphatic heterocycles. The standard InChI is InChI=1S/C16H20N4O2S/c1-4-12(14-6-5-9-23-14)19-16(22)18-11-7-8-17-13(10-11)15(21)20(2)3/h5-10,12H,4H2,1-3H3,(H2,17,18,19,22). The van der Waals surface area contributed by atoms with Gasteiger partial charge in [0.1, 0.15) is 5.69 Å². The van der Waals surface area contributed by atoms with Crippen molar-refractivity contribution in [2.24, 2.45) is 0 Å². The van der Waals surface area contributed by atoms with Gasteiger partial charge in [-0.15, -0.1) is 11.3 Å². The zero-order chi connectivity index (χ0) is 16.8. The molecular weight excluding hydrogens is 312 g/mol. The number of amides is 3.